The largest absolute Gasteiger partial charge is 0.416 e. The molecule has 20 heavy (non-hydrogen) atoms. The summed E-state index contributed by atoms with van der Waals surface area (Å²) in [6.45, 7) is 0. The van der Waals surface area contributed by atoms with Crippen LogP contribution in [-0.4, -0.2) is 0 Å². The average molecular weight is 469 g/mol. The van der Waals surface area contributed by atoms with Crippen LogP contribution in [0.25, 0.3) is 0 Å². The first-order valence-electron chi connectivity index (χ1n) is 5.15. The van der Waals surface area contributed by atoms with Crippen molar-refractivity contribution in [1.29, 1.82) is 0 Å². The molecule has 0 aliphatic rings. The van der Waals surface area contributed by atoms with Gasteiger partial charge in [0.1, 0.15) is 4.34 Å². The minimum Gasteiger partial charge on any atom is -0.166 e. The summed E-state index contributed by atoms with van der Waals surface area (Å²) in [6.07, 6.45) is -4.40. The van der Waals surface area contributed by atoms with E-state index in [9.17, 15) is 13.2 Å². The summed E-state index contributed by atoms with van der Waals surface area (Å²) in [5.74, 6) is 0. The van der Waals surface area contributed by atoms with Gasteiger partial charge in [-0.25, -0.2) is 0 Å². The monoisotopic (exact) mass is 466 g/mol. The molecule has 0 bridgehead atoms. The van der Waals surface area contributed by atoms with Crippen molar-refractivity contribution in [1.82, 2.24) is 0 Å². The van der Waals surface area contributed by atoms with Crippen LogP contribution in [-0.2, 0) is 6.18 Å². The molecule has 1 heterocycles. The Morgan fingerprint density at radius 1 is 1.10 bits per heavy atom. The Morgan fingerprint density at radius 3 is 2.25 bits per heavy atom. The molecule has 0 aliphatic carbocycles. The van der Waals surface area contributed by atoms with Crippen LogP contribution in [0.3, 0.4) is 0 Å². The van der Waals surface area contributed by atoms with Gasteiger partial charge in [-0.05, 0) is 45.8 Å². The quantitative estimate of drug-likeness (QED) is 0.406. The minimum atomic E-state index is -4.40. The highest BCUT2D eigenvalue weighted by molar-refractivity contribution is 9.10. The van der Waals surface area contributed by atoms with Gasteiger partial charge in [-0.15, -0.1) is 22.9 Å². The van der Waals surface area contributed by atoms with Gasteiger partial charge < -0.3 is 0 Å². The highest BCUT2D eigenvalue weighted by atomic mass is 79.9. The van der Waals surface area contributed by atoms with Crippen molar-refractivity contribution in [2.24, 2.45) is 0 Å². The van der Waals surface area contributed by atoms with Crippen LogP contribution in [0, 0.1) is 0 Å². The van der Waals surface area contributed by atoms with E-state index < -0.39 is 17.1 Å². The summed E-state index contributed by atoms with van der Waals surface area (Å²) < 4.78 is 39.9. The zero-order chi connectivity index (χ0) is 15.1. The van der Waals surface area contributed by atoms with Gasteiger partial charge in [-0.2, -0.15) is 13.2 Å². The van der Waals surface area contributed by atoms with Crippen LogP contribution in [0.4, 0.5) is 13.2 Å². The summed E-state index contributed by atoms with van der Waals surface area (Å²) in [5.41, 5.74) is -0.380. The second kappa shape index (κ2) is 6.16. The van der Waals surface area contributed by atoms with Crippen molar-refractivity contribution in [3.05, 3.63) is 53.6 Å². The number of rotatable bonds is 2. The third-order valence-corrected chi connectivity index (χ3v) is 6.37. The second-order valence-corrected chi connectivity index (χ2v) is 7.70. The Morgan fingerprint density at radius 2 is 1.75 bits per heavy atom. The lowest BCUT2D eigenvalue weighted by Gasteiger charge is -2.14. The molecular formula is C12H5Br2Cl2F3S. The van der Waals surface area contributed by atoms with E-state index in [4.69, 9.17) is 23.2 Å². The molecule has 1 aromatic carbocycles. The maximum atomic E-state index is 12.7. The van der Waals surface area contributed by atoms with E-state index in [2.05, 4.69) is 31.9 Å². The van der Waals surface area contributed by atoms with Gasteiger partial charge in [-0.1, -0.05) is 27.5 Å². The first-order valence-corrected chi connectivity index (χ1v) is 8.37. The predicted molar refractivity (Wildman–Crippen MR) is 83.9 cm³/mol. The van der Waals surface area contributed by atoms with Gasteiger partial charge in [0.25, 0.3) is 0 Å². The molecule has 0 nitrogen and oxygen atoms in total. The molecule has 0 saturated heterocycles. The molecule has 0 saturated carbocycles. The van der Waals surface area contributed by atoms with Crippen LogP contribution in [0.5, 0.6) is 0 Å². The van der Waals surface area contributed by atoms with Crippen molar-refractivity contribution in [3.63, 3.8) is 0 Å². The van der Waals surface area contributed by atoms with E-state index in [0.717, 1.165) is 12.1 Å². The number of hydrogen-bond donors (Lipinski definition) is 0. The smallest absolute Gasteiger partial charge is 0.166 e. The molecule has 2 aromatic rings. The normalized spacial score (nSPS) is 13.6. The van der Waals surface area contributed by atoms with E-state index in [1.807, 2.05) is 0 Å². The van der Waals surface area contributed by atoms with Crippen molar-refractivity contribution in [2.45, 2.75) is 11.6 Å². The SMILES string of the molecule is FC(F)(F)c1ccc(Br)c(C(Cl)c2cc(Br)c(Cl)s2)c1. The van der Waals surface area contributed by atoms with Gasteiger partial charge >= 0.3 is 6.18 Å². The van der Waals surface area contributed by atoms with Crippen LogP contribution in [0.15, 0.2) is 33.2 Å². The second-order valence-electron chi connectivity index (χ2n) is 3.87. The van der Waals surface area contributed by atoms with Crippen molar-refractivity contribution >= 4 is 66.4 Å². The number of halogens is 7. The van der Waals surface area contributed by atoms with Gasteiger partial charge in [-0.3, -0.25) is 0 Å². The van der Waals surface area contributed by atoms with Crippen molar-refractivity contribution < 1.29 is 13.2 Å². The van der Waals surface area contributed by atoms with Crippen molar-refractivity contribution in [3.8, 4) is 0 Å². The molecule has 0 fully saturated rings. The van der Waals surface area contributed by atoms with Gasteiger partial charge in [0.15, 0.2) is 0 Å². The summed E-state index contributed by atoms with van der Waals surface area (Å²) in [4.78, 5) is 0.670. The molecule has 1 atom stereocenters. The average Bonchev–Trinajstić information content (AvgIpc) is 2.68. The Hall–Kier alpha value is 0.250. The molecule has 8 heteroatoms. The molecule has 0 amide bonds. The standard InChI is InChI=1S/C12H5Br2Cl2F3S/c13-7-2-1-5(12(17,18)19)3-6(7)10(15)9-4-8(14)11(16)20-9/h1-4,10H. The number of hydrogen-bond acceptors (Lipinski definition) is 1. The van der Waals surface area contributed by atoms with E-state index in [1.165, 1.54) is 17.4 Å². The van der Waals surface area contributed by atoms with E-state index >= 15 is 0 Å². The fourth-order valence-corrected chi connectivity index (χ4v) is 4.27. The van der Waals surface area contributed by atoms with E-state index in [-0.39, 0.29) is 0 Å². The summed E-state index contributed by atoms with van der Waals surface area (Å²) in [6, 6.07) is 5.10. The van der Waals surface area contributed by atoms with Crippen LogP contribution < -0.4 is 0 Å². The lowest BCUT2D eigenvalue weighted by atomic mass is 10.1. The molecule has 2 rings (SSSR count). The first-order chi connectivity index (χ1) is 9.20. The third-order valence-electron chi connectivity index (χ3n) is 2.51. The fourth-order valence-electron chi connectivity index (χ4n) is 1.56. The Balaban J connectivity index is 2.46. The topological polar surface area (TPSA) is 0 Å². The maximum absolute atomic E-state index is 12.7. The Labute approximate surface area is 144 Å². The highest BCUT2D eigenvalue weighted by Crippen LogP contribution is 2.43. The molecule has 108 valence electrons. The lowest BCUT2D eigenvalue weighted by Crippen LogP contribution is -2.06. The lowest BCUT2D eigenvalue weighted by molar-refractivity contribution is -0.137. The molecule has 0 aliphatic heterocycles. The Kier molecular flexibility index (Phi) is 5.12. The van der Waals surface area contributed by atoms with E-state index in [1.54, 1.807) is 6.07 Å². The molecular weight excluding hydrogens is 464 g/mol. The highest BCUT2D eigenvalue weighted by Gasteiger charge is 2.32. The first kappa shape index (κ1) is 16.6. The zero-order valence-corrected chi connectivity index (χ0v) is 14.9. The number of benzene rings is 1. The predicted octanol–water partition coefficient (Wildman–Crippen LogP) is 7.27. The van der Waals surface area contributed by atoms with Crippen LogP contribution >= 0.6 is 66.4 Å². The number of alkyl halides is 4. The minimum absolute atomic E-state index is 0.354. The summed E-state index contributed by atoms with van der Waals surface area (Å²) in [5, 5.41) is -0.708. The molecule has 1 aromatic heterocycles. The van der Waals surface area contributed by atoms with E-state index in [0.29, 0.717) is 23.7 Å². The van der Waals surface area contributed by atoms with Gasteiger partial charge in [0.2, 0.25) is 0 Å². The zero-order valence-electron chi connectivity index (χ0n) is 9.44. The molecule has 0 radical (unpaired) electrons. The maximum Gasteiger partial charge on any atom is 0.416 e. The van der Waals surface area contributed by atoms with Gasteiger partial charge in [0.05, 0.1) is 10.9 Å². The summed E-state index contributed by atoms with van der Waals surface area (Å²) in [7, 11) is 0. The molecule has 0 spiro atoms. The van der Waals surface area contributed by atoms with Crippen LogP contribution in [0.2, 0.25) is 4.34 Å². The Bertz CT molecular complexity index is 621. The van der Waals surface area contributed by atoms with Crippen LogP contribution in [0.1, 0.15) is 21.4 Å². The molecule has 0 N–H and O–H groups in total. The fraction of sp³-hybridized carbons (Fsp3) is 0.167. The third kappa shape index (κ3) is 3.53. The van der Waals surface area contributed by atoms with Gasteiger partial charge in [0, 0.05) is 13.8 Å². The number of thiophene rings is 1. The van der Waals surface area contributed by atoms with Crippen molar-refractivity contribution in [2.75, 3.05) is 0 Å². The summed E-state index contributed by atoms with van der Waals surface area (Å²) >= 11 is 19.9. The molecule has 1 unspecified atom stereocenters.